The number of aromatic nitrogens is 2. The summed E-state index contributed by atoms with van der Waals surface area (Å²) in [6.45, 7) is 1.74. The van der Waals surface area contributed by atoms with Gasteiger partial charge in [0.1, 0.15) is 6.04 Å². The first-order valence-electron chi connectivity index (χ1n) is 10.4. The van der Waals surface area contributed by atoms with Crippen LogP contribution in [0.3, 0.4) is 0 Å². The molecule has 0 unspecified atom stereocenters. The fourth-order valence-corrected chi connectivity index (χ4v) is 4.16. The molecule has 154 valence electrons. The van der Waals surface area contributed by atoms with Gasteiger partial charge in [0.15, 0.2) is 0 Å². The Balaban J connectivity index is 1.45. The molecular weight excluding hydrogens is 406 g/mol. The molecule has 0 amide bonds. The molecule has 1 aliphatic heterocycles. The van der Waals surface area contributed by atoms with Gasteiger partial charge in [-0.1, -0.05) is 78.3 Å². The number of halogens is 1. The van der Waals surface area contributed by atoms with Gasteiger partial charge in [-0.2, -0.15) is 0 Å². The highest BCUT2D eigenvalue weighted by Crippen LogP contribution is 2.33. The van der Waals surface area contributed by atoms with Crippen LogP contribution in [-0.4, -0.2) is 28.2 Å². The molecule has 0 fully saturated rings. The van der Waals surface area contributed by atoms with E-state index in [0.29, 0.717) is 16.8 Å². The van der Waals surface area contributed by atoms with E-state index < -0.39 is 0 Å². The first-order valence-corrected chi connectivity index (χ1v) is 10.8. The van der Waals surface area contributed by atoms with Crippen LogP contribution in [0.4, 0.5) is 0 Å². The standard InChI is InChI=1S/C26H22ClN3O/c27-23-13-11-22(12-14-23)25-28-29-26(31-25)24(21-9-5-2-6-10-21)30-17-15-20(16-18-30)19-7-3-1-4-8-19/h1-15,24H,16-18H2/t24-/m0/s1. The summed E-state index contributed by atoms with van der Waals surface area (Å²) in [5.74, 6) is 1.11. The van der Waals surface area contributed by atoms with Gasteiger partial charge < -0.3 is 4.42 Å². The first kappa shape index (κ1) is 19.7. The highest BCUT2D eigenvalue weighted by molar-refractivity contribution is 6.30. The number of nitrogens with zero attached hydrogens (tertiary/aromatic N) is 3. The smallest absolute Gasteiger partial charge is 0.247 e. The Labute approximate surface area is 186 Å². The number of hydrogen-bond acceptors (Lipinski definition) is 4. The predicted molar refractivity (Wildman–Crippen MR) is 124 cm³/mol. The molecule has 0 spiro atoms. The van der Waals surface area contributed by atoms with E-state index in [1.807, 2.05) is 42.5 Å². The second kappa shape index (κ2) is 8.88. The van der Waals surface area contributed by atoms with Crippen LogP contribution in [-0.2, 0) is 0 Å². The summed E-state index contributed by atoms with van der Waals surface area (Å²) in [4.78, 5) is 2.39. The average Bonchev–Trinajstić information content (AvgIpc) is 3.31. The first-order chi connectivity index (χ1) is 15.3. The Hall–Kier alpha value is -3.21. The summed E-state index contributed by atoms with van der Waals surface area (Å²) in [6.07, 6.45) is 3.29. The molecule has 4 aromatic rings. The lowest BCUT2D eigenvalue weighted by molar-refractivity contribution is 0.218. The molecule has 0 aliphatic carbocycles. The highest BCUT2D eigenvalue weighted by Gasteiger charge is 2.29. The Morgan fingerprint density at radius 1 is 0.806 bits per heavy atom. The average molecular weight is 428 g/mol. The molecule has 0 radical (unpaired) electrons. The van der Waals surface area contributed by atoms with E-state index in [4.69, 9.17) is 16.0 Å². The topological polar surface area (TPSA) is 42.2 Å². The Kier molecular flexibility index (Phi) is 5.65. The molecule has 1 atom stereocenters. The van der Waals surface area contributed by atoms with Crippen molar-refractivity contribution in [3.8, 4) is 11.5 Å². The normalized spacial score (nSPS) is 15.5. The zero-order valence-corrected chi connectivity index (χ0v) is 17.7. The van der Waals surface area contributed by atoms with Crippen LogP contribution in [0, 0.1) is 0 Å². The van der Waals surface area contributed by atoms with Gasteiger partial charge in [0.25, 0.3) is 0 Å². The molecule has 4 nitrogen and oxygen atoms in total. The largest absolute Gasteiger partial charge is 0.419 e. The van der Waals surface area contributed by atoms with E-state index in [1.165, 1.54) is 11.1 Å². The van der Waals surface area contributed by atoms with Gasteiger partial charge in [0, 0.05) is 23.7 Å². The second-order valence-corrected chi connectivity index (χ2v) is 8.04. The number of hydrogen-bond donors (Lipinski definition) is 0. The summed E-state index contributed by atoms with van der Waals surface area (Å²) < 4.78 is 6.16. The van der Waals surface area contributed by atoms with E-state index >= 15 is 0 Å². The van der Waals surface area contributed by atoms with Crippen LogP contribution < -0.4 is 0 Å². The molecule has 5 heteroatoms. The fourth-order valence-electron chi connectivity index (χ4n) is 4.03. The summed E-state index contributed by atoms with van der Waals surface area (Å²) in [6, 6.07) is 28.3. The van der Waals surface area contributed by atoms with Crippen LogP contribution in [0.15, 0.2) is 95.4 Å². The van der Waals surface area contributed by atoms with Crippen LogP contribution in [0.25, 0.3) is 17.0 Å². The summed E-state index contributed by atoms with van der Waals surface area (Å²) >= 11 is 6.01. The lowest BCUT2D eigenvalue weighted by Crippen LogP contribution is -2.33. The maximum absolute atomic E-state index is 6.16. The molecular formula is C26H22ClN3O. The molecule has 2 heterocycles. The lowest BCUT2D eigenvalue weighted by atomic mass is 9.97. The Morgan fingerprint density at radius 2 is 1.52 bits per heavy atom. The lowest BCUT2D eigenvalue weighted by Gasteiger charge is -2.32. The predicted octanol–water partition coefficient (Wildman–Crippen LogP) is 6.27. The minimum atomic E-state index is -0.0941. The van der Waals surface area contributed by atoms with Crippen LogP contribution >= 0.6 is 11.6 Å². The minimum Gasteiger partial charge on any atom is -0.419 e. The van der Waals surface area contributed by atoms with E-state index in [-0.39, 0.29) is 6.04 Å². The Bertz CT molecular complexity index is 1170. The van der Waals surface area contributed by atoms with Crippen LogP contribution in [0.1, 0.15) is 29.5 Å². The maximum atomic E-state index is 6.16. The van der Waals surface area contributed by atoms with Crippen molar-refractivity contribution in [2.45, 2.75) is 12.5 Å². The van der Waals surface area contributed by atoms with Crippen molar-refractivity contribution in [1.29, 1.82) is 0 Å². The zero-order chi connectivity index (χ0) is 21.0. The van der Waals surface area contributed by atoms with Gasteiger partial charge >= 0.3 is 0 Å². The van der Waals surface area contributed by atoms with Crippen molar-refractivity contribution in [3.63, 3.8) is 0 Å². The van der Waals surface area contributed by atoms with Crippen molar-refractivity contribution in [1.82, 2.24) is 15.1 Å². The van der Waals surface area contributed by atoms with E-state index in [1.54, 1.807) is 0 Å². The minimum absolute atomic E-state index is 0.0941. The molecule has 0 saturated heterocycles. The van der Waals surface area contributed by atoms with Gasteiger partial charge in [-0.25, -0.2) is 0 Å². The zero-order valence-electron chi connectivity index (χ0n) is 17.0. The number of rotatable bonds is 5. The third-order valence-electron chi connectivity index (χ3n) is 5.63. The summed E-state index contributed by atoms with van der Waals surface area (Å²) in [5.41, 5.74) is 4.68. The van der Waals surface area contributed by atoms with Crippen molar-refractivity contribution < 1.29 is 4.42 Å². The molecule has 1 aromatic heterocycles. The molecule has 0 saturated carbocycles. The van der Waals surface area contributed by atoms with Crippen molar-refractivity contribution >= 4 is 17.2 Å². The third kappa shape index (κ3) is 4.31. The summed E-state index contributed by atoms with van der Waals surface area (Å²) in [7, 11) is 0. The Morgan fingerprint density at radius 3 is 2.19 bits per heavy atom. The molecule has 1 aliphatic rings. The van der Waals surface area contributed by atoms with Crippen LogP contribution in [0.2, 0.25) is 5.02 Å². The molecule has 5 rings (SSSR count). The van der Waals surface area contributed by atoms with Gasteiger partial charge in [0.2, 0.25) is 11.8 Å². The van der Waals surface area contributed by atoms with Crippen LogP contribution in [0.5, 0.6) is 0 Å². The fraction of sp³-hybridized carbons (Fsp3) is 0.154. The quantitative estimate of drug-likeness (QED) is 0.376. The number of benzene rings is 3. The van der Waals surface area contributed by atoms with Gasteiger partial charge in [-0.15, -0.1) is 10.2 Å². The van der Waals surface area contributed by atoms with E-state index in [9.17, 15) is 0 Å². The van der Waals surface area contributed by atoms with Crippen molar-refractivity contribution in [3.05, 3.63) is 113 Å². The molecule has 0 N–H and O–H groups in total. The van der Waals surface area contributed by atoms with E-state index in [2.05, 4.69) is 63.6 Å². The van der Waals surface area contributed by atoms with Gasteiger partial charge in [-0.05, 0) is 47.4 Å². The van der Waals surface area contributed by atoms with E-state index in [0.717, 1.165) is 30.6 Å². The van der Waals surface area contributed by atoms with Gasteiger partial charge in [-0.3, -0.25) is 4.90 Å². The van der Waals surface area contributed by atoms with Crippen molar-refractivity contribution in [2.24, 2.45) is 0 Å². The monoisotopic (exact) mass is 427 g/mol. The molecule has 31 heavy (non-hydrogen) atoms. The highest BCUT2D eigenvalue weighted by atomic mass is 35.5. The summed E-state index contributed by atoms with van der Waals surface area (Å²) in [5, 5.41) is 9.43. The maximum Gasteiger partial charge on any atom is 0.247 e. The SMILES string of the molecule is Clc1ccc(-c2nnc([C@H](c3ccccc3)N3CC=C(c4ccccc4)CC3)o2)cc1. The molecule has 0 bridgehead atoms. The third-order valence-corrected chi connectivity index (χ3v) is 5.88. The van der Waals surface area contributed by atoms with Gasteiger partial charge in [0.05, 0.1) is 0 Å². The second-order valence-electron chi connectivity index (χ2n) is 7.61. The van der Waals surface area contributed by atoms with Crippen molar-refractivity contribution in [2.75, 3.05) is 13.1 Å². The molecule has 3 aromatic carbocycles.